The highest BCUT2D eigenvalue weighted by atomic mass is 16.3. The molecular formula is C17H28N2O2. The molecule has 1 aromatic rings. The fraction of sp³-hybridized carbons (Fsp3) is 0.588. The Kier molecular flexibility index (Phi) is 6.21. The van der Waals surface area contributed by atoms with Crippen molar-refractivity contribution in [3.63, 3.8) is 0 Å². The molecule has 118 valence electrons. The molecule has 0 aromatic heterocycles. The van der Waals surface area contributed by atoms with Gasteiger partial charge >= 0.3 is 0 Å². The van der Waals surface area contributed by atoms with Crippen molar-refractivity contribution in [1.29, 1.82) is 0 Å². The van der Waals surface area contributed by atoms with E-state index < -0.39 is 0 Å². The number of benzene rings is 1. The van der Waals surface area contributed by atoms with Crippen LogP contribution in [-0.2, 0) is 4.79 Å². The van der Waals surface area contributed by atoms with Crippen molar-refractivity contribution in [2.45, 2.75) is 34.1 Å². The van der Waals surface area contributed by atoms with Crippen molar-refractivity contribution >= 4 is 17.3 Å². The molecule has 0 saturated carbocycles. The van der Waals surface area contributed by atoms with Crippen LogP contribution in [0.4, 0.5) is 11.4 Å². The summed E-state index contributed by atoms with van der Waals surface area (Å²) < 4.78 is 0. The average Bonchev–Trinajstić information content (AvgIpc) is 2.38. The van der Waals surface area contributed by atoms with Gasteiger partial charge in [-0.2, -0.15) is 0 Å². The predicted molar refractivity (Wildman–Crippen MR) is 88.7 cm³/mol. The van der Waals surface area contributed by atoms with Crippen LogP contribution in [0, 0.1) is 11.3 Å². The molecule has 0 heterocycles. The van der Waals surface area contributed by atoms with Crippen molar-refractivity contribution in [2.24, 2.45) is 11.3 Å². The summed E-state index contributed by atoms with van der Waals surface area (Å²) in [7, 11) is 1.93. The standard InChI is InChI=1S/C17H28N2O2/c1-13(2)12-17(3,4)16(21)18-14-6-8-15(9-7-14)19(5)10-11-20/h6-9,13,20H,10-12H2,1-5H3,(H,18,21). The molecule has 0 spiro atoms. The Morgan fingerprint density at radius 2 is 1.86 bits per heavy atom. The lowest BCUT2D eigenvalue weighted by Crippen LogP contribution is -2.32. The number of carbonyl (C=O) groups is 1. The van der Waals surface area contributed by atoms with Crippen molar-refractivity contribution in [3.8, 4) is 0 Å². The molecule has 2 N–H and O–H groups in total. The van der Waals surface area contributed by atoms with E-state index in [0.29, 0.717) is 12.5 Å². The molecule has 1 amide bonds. The highest BCUT2D eigenvalue weighted by Gasteiger charge is 2.28. The van der Waals surface area contributed by atoms with Crippen molar-refractivity contribution in [1.82, 2.24) is 0 Å². The molecule has 4 nitrogen and oxygen atoms in total. The number of carbonyl (C=O) groups excluding carboxylic acids is 1. The number of hydrogen-bond acceptors (Lipinski definition) is 3. The number of aliphatic hydroxyl groups excluding tert-OH is 1. The van der Waals surface area contributed by atoms with E-state index >= 15 is 0 Å². The minimum Gasteiger partial charge on any atom is -0.395 e. The van der Waals surface area contributed by atoms with Gasteiger partial charge in [-0.15, -0.1) is 0 Å². The molecule has 0 saturated heterocycles. The van der Waals surface area contributed by atoms with Crippen LogP contribution in [0.15, 0.2) is 24.3 Å². The second kappa shape index (κ2) is 7.46. The molecule has 0 aliphatic heterocycles. The summed E-state index contributed by atoms with van der Waals surface area (Å²) in [5.74, 6) is 0.535. The van der Waals surface area contributed by atoms with Crippen LogP contribution >= 0.6 is 0 Å². The Morgan fingerprint density at radius 3 is 2.33 bits per heavy atom. The third kappa shape index (κ3) is 5.38. The molecule has 0 aliphatic carbocycles. The molecular weight excluding hydrogens is 264 g/mol. The molecule has 0 bridgehead atoms. The maximum absolute atomic E-state index is 12.3. The molecule has 0 fully saturated rings. The molecule has 0 aliphatic rings. The number of likely N-dealkylation sites (N-methyl/N-ethyl adjacent to an activating group) is 1. The maximum Gasteiger partial charge on any atom is 0.230 e. The second-order valence-corrected chi connectivity index (χ2v) is 6.63. The average molecular weight is 292 g/mol. The van der Waals surface area contributed by atoms with E-state index in [4.69, 9.17) is 5.11 Å². The number of nitrogens with one attached hydrogen (secondary N) is 1. The van der Waals surface area contributed by atoms with E-state index in [0.717, 1.165) is 17.8 Å². The van der Waals surface area contributed by atoms with Gasteiger partial charge in [-0.1, -0.05) is 27.7 Å². The lowest BCUT2D eigenvalue weighted by Gasteiger charge is -2.25. The monoisotopic (exact) mass is 292 g/mol. The van der Waals surface area contributed by atoms with Gasteiger partial charge < -0.3 is 15.3 Å². The maximum atomic E-state index is 12.3. The van der Waals surface area contributed by atoms with Crippen molar-refractivity contribution in [3.05, 3.63) is 24.3 Å². The van der Waals surface area contributed by atoms with Crippen LogP contribution in [-0.4, -0.2) is 31.2 Å². The summed E-state index contributed by atoms with van der Waals surface area (Å²) in [6, 6.07) is 7.68. The van der Waals surface area contributed by atoms with Crippen LogP contribution in [0.2, 0.25) is 0 Å². The number of rotatable bonds is 7. The fourth-order valence-corrected chi connectivity index (χ4v) is 2.49. The molecule has 0 unspecified atom stereocenters. The first-order valence-electron chi connectivity index (χ1n) is 7.50. The van der Waals surface area contributed by atoms with E-state index in [-0.39, 0.29) is 17.9 Å². The third-order valence-electron chi connectivity index (χ3n) is 3.53. The van der Waals surface area contributed by atoms with Crippen LogP contribution in [0.1, 0.15) is 34.1 Å². The first-order valence-corrected chi connectivity index (χ1v) is 7.50. The molecule has 0 radical (unpaired) electrons. The van der Waals surface area contributed by atoms with Gasteiger partial charge in [0.25, 0.3) is 0 Å². The highest BCUT2D eigenvalue weighted by Crippen LogP contribution is 2.27. The largest absolute Gasteiger partial charge is 0.395 e. The number of hydrogen-bond donors (Lipinski definition) is 2. The SMILES string of the molecule is CC(C)CC(C)(C)C(=O)Nc1ccc(N(C)CCO)cc1. The van der Waals surface area contributed by atoms with Gasteiger partial charge in [0.05, 0.1) is 6.61 Å². The third-order valence-corrected chi connectivity index (χ3v) is 3.53. The first-order chi connectivity index (χ1) is 9.76. The minimum absolute atomic E-state index is 0.0488. The van der Waals surface area contributed by atoms with Crippen LogP contribution in [0.25, 0.3) is 0 Å². The zero-order valence-corrected chi connectivity index (χ0v) is 13.8. The topological polar surface area (TPSA) is 52.6 Å². The summed E-state index contributed by atoms with van der Waals surface area (Å²) in [5.41, 5.74) is 1.45. The van der Waals surface area contributed by atoms with Crippen molar-refractivity contribution in [2.75, 3.05) is 30.4 Å². The first kappa shape index (κ1) is 17.5. The molecule has 21 heavy (non-hydrogen) atoms. The normalized spacial score (nSPS) is 11.6. The van der Waals surface area contributed by atoms with E-state index in [1.165, 1.54) is 0 Å². The van der Waals surface area contributed by atoms with Gasteiger partial charge in [0, 0.05) is 30.4 Å². The summed E-state index contributed by atoms with van der Waals surface area (Å²) >= 11 is 0. The zero-order valence-electron chi connectivity index (χ0n) is 13.8. The van der Waals surface area contributed by atoms with Crippen molar-refractivity contribution < 1.29 is 9.90 Å². The fourth-order valence-electron chi connectivity index (χ4n) is 2.49. The molecule has 1 aromatic carbocycles. The lowest BCUT2D eigenvalue weighted by molar-refractivity contribution is -0.124. The Hall–Kier alpha value is -1.55. The number of amides is 1. The van der Waals surface area contributed by atoms with E-state index in [2.05, 4.69) is 19.2 Å². The lowest BCUT2D eigenvalue weighted by atomic mass is 9.83. The van der Waals surface area contributed by atoms with Gasteiger partial charge in [0.1, 0.15) is 0 Å². The highest BCUT2D eigenvalue weighted by molar-refractivity contribution is 5.94. The summed E-state index contributed by atoms with van der Waals surface area (Å²) in [6.07, 6.45) is 0.857. The Labute approximate surface area is 128 Å². The minimum atomic E-state index is -0.374. The van der Waals surface area contributed by atoms with Gasteiger partial charge in [-0.25, -0.2) is 0 Å². The smallest absolute Gasteiger partial charge is 0.230 e. The van der Waals surface area contributed by atoms with Crippen LogP contribution in [0.3, 0.4) is 0 Å². The molecule has 4 heteroatoms. The van der Waals surface area contributed by atoms with E-state index in [1.54, 1.807) is 0 Å². The number of aliphatic hydroxyl groups is 1. The van der Waals surface area contributed by atoms with E-state index in [9.17, 15) is 4.79 Å². The van der Waals surface area contributed by atoms with Gasteiger partial charge in [0.15, 0.2) is 0 Å². The second-order valence-electron chi connectivity index (χ2n) is 6.63. The number of nitrogens with zero attached hydrogens (tertiary/aromatic N) is 1. The quantitative estimate of drug-likeness (QED) is 0.812. The van der Waals surface area contributed by atoms with Crippen LogP contribution < -0.4 is 10.2 Å². The summed E-state index contributed by atoms with van der Waals surface area (Å²) in [6.45, 7) is 8.92. The van der Waals surface area contributed by atoms with Crippen LogP contribution in [0.5, 0.6) is 0 Å². The number of anilines is 2. The molecule has 0 atom stereocenters. The van der Waals surface area contributed by atoms with Gasteiger partial charge in [0.2, 0.25) is 5.91 Å². The summed E-state index contributed by atoms with van der Waals surface area (Å²) in [4.78, 5) is 14.3. The van der Waals surface area contributed by atoms with Gasteiger partial charge in [-0.05, 0) is 36.6 Å². The Balaban J connectivity index is 2.69. The Morgan fingerprint density at radius 1 is 1.29 bits per heavy atom. The zero-order chi connectivity index (χ0) is 16.0. The van der Waals surface area contributed by atoms with E-state index in [1.807, 2.05) is 50.1 Å². The molecule has 1 rings (SSSR count). The Bertz CT molecular complexity index is 452. The summed E-state index contributed by atoms with van der Waals surface area (Å²) in [5, 5.41) is 11.9. The predicted octanol–water partition coefficient (Wildman–Crippen LogP) is 3.13. The van der Waals surface area contributed by atoms with Gasteiger partial charge in [-0.3, -0.25) is 4.79 Å².